The summed E-state index contributed by atoms with van der Waals surface area (Å²) in [6.45, 7) is 0.109. The zero-order chi connectivity index (χ0) is 12.4. The first kappa shape index (κ1) is 10.9. The van der Waals surface area contributed by atoms with Gasteiger partial charge in [0.05, 0.1) is 0 Å². The van der Waals surface area contributed by atoms with E-state index in [0.717, 1.165) is 16.3 Å². The summed E-state index contributed by atoms with van der Waals surface area (Å²) in [6.07, 6.45) is 0. The van der Waals surface area contributed by atoms with E-state index < -0.39 is 0 Å². The molecule has 90 valence electrons. The van der Waals surface area contributed by atoms with E-state index in [1.807, 2.05) is 42.5 Å². The third kappa shape index (κ3) is 1.85. The Bertz CT molecular complexity index is 673. The molecule has 3 rings (SSSR count). The summed E-state index contributed by atoms with van der Waals surface area (Å²) < 4.78 is 5.04. The van der Waals surface area contributed by atoms with Crippen molar-refractivity contribution in [1.29, 1.82) is 0 Å². The molecule has 0 aliphatic carbocycles. The normalized spacial score (nSPS) is 10.9. The van der Waals surface area contributed by atoms with Crippen LogP contribution in [0.5, 0.6) is 0 Å². The fourth-order valence-corrected chi connectivity index (χ4v) is 1.91. The predicted octanol–water partition coefficient (Wildman–Crippen LogP) is 2.28. The van der Waals surface area contributed by atoms with Crippen molar-refractivity contribution in [3.8, 4) is 11.4 Å². The Balaban J connectivity index is 2.12. The van der Waals surface area contributed by atoms with E-state index in [2.05, 4.69) is 15.0 Å². The molecule has 0 atom stereocenters. The van der Waals surface area contributed by atoms with Crippen LogP contribution in [0.2, 0.25) is 0 Å². The summed E-state index contributed by atoms with van der Waals surface area (Å²) >= 11 is 0. The molecule has 0 aliphatic heterocycles. The Hall–Kier alpha value is -2.24. The predicted molar refractivity (Wildman–Crippen MR) is 66.2 cm³/mol. The highest BCUT2D eigenvalue weighted by molar-refractivity contribution is 5.94. The Morgan fingerprint density at radius 2 is 1.94 bits per heavy atom. The lowest BCUT2D eigenvalue weighted by molar-refractivity contribution is 0.0996. The number of rotatable bonds is 3. The van der Waals surface area contributed by atoms with Crippen molar-refractivity contribution in [2.24, 2.45) is 5.90 Å². The lowest BCUT2D eigenvalue weighted by atomic mass is 10.0. The molecule has 0 fully saturated rings. The summed E-state index contributed by atoms with van der Waals surface area (Å²) in [4.78, 5) is 8.71. The summed E-state index contributed by atoms with van der Waals surface area (Å²) in [7, 11) is 0. The molecule has 0 aliphatic rings. The number of hydrogen-bond acceptors (Lipinski definition) is 5. The van der Waals surface area contributed by atoms with Crippen LogP contribution >= 0.6 is 0 Å². The van der Waals surface area contributed by atoms with E-state index in [1.54, 1.807) is 0 Å². The van der Waals surface area contributed by atoms with E-state index in [1.165, 1.54) is 0 Å². The molecule has 0 spiro atoms. The van der Waals surface area contributed by atoms with E-state index in [4.69, 9.17) is 10.4 Å². The van der Waals surface area contributed by atoms with Crippen LogP contribution in [0.4, 0.5) is 0 Å². The Morgan fingerprint density at radius 1 is 1.11 bits per heavy atom. The monoisotopic (exact) mass is 241 g/mol. The van der Waals surface area contributed by atoms with Crippen LogP contribution in [0.1, 0.15) is 5.89 Å². The zero-order valence-electron chi connectivity index (χ0n) is 9.54. The molecule has 18 heavy (non-hydrogen) atoms. The molecule has 1 heterocycles. The first-order valence-electron chi connectivity index (χ1n) is 5.51. The summed E-state index contributed by atoms with van der Waals surface area (Å²) in [6, 6.07) is 14.0. The minimum Gasteiger partial charge on any atom is -0.336 e. The van der Waals surface area contributed by atoms with Gasteiger partial charge in [-0.15, -0.1) is 0 Å². The van der Waals surface area contributed by atoms with Gasteiger partial charge in [0, 0.05) is 5.56 Å². The molecule has 0 bridgehead atoms. The first-order valence-corrected chi connectivity index (χ1v) is 5.51. The quantitative estimate of drug-likeness (QED) is 0.712. The van der Waals surface area contributed by atoms with Crippen molar-refractivity contribution < 1.29 is 9.36 Å². The number of nitrogens with zero attached hydrogens (tertiary/aromatic N) is 2. The molecule has 0 radical (unpaired) electrons. The van der Waals surface area contributed by atoms with E-state index in [9.17, 15) is 0 Å². The number of nitrogens with two attached hydrogens (primary N) is 1. The van der Waals surface area contributed by atoms with Gasteiger partial charge in [-0.3, -0.25) is 4.84 Å². The molecule has 0 amide bonds. The Morgan fingerprint density at radius 3 is 2.83 bits per heavy atom. The van der Waals surface area contributed by atoms with Crippen molar-refractivity contribution in [3.63, 3.8) is 0 Å². The van der Waals surface area contributed by atoms with Crippen LogP contribution in [0.25, 0.3) is 22.2 Å². The third-order valence-electron chi connectivity index (χ3n) is 2.71. The highest BCUT2D eigenvalue weighted by Crippen LogP contribution is 2.26. The molecule has 5 heteroatoms. The molecule has 1 aromatic heterocycles. The van der Waals surface area contributed by atoms with Gasteiger partial charge in [0.25, 0.3) is 5.89 Å². The van der Waals surface area contributed by atoms with Crippen molar-refractivity contribution in [3.05, 3.63) is 48.4 Å². The average molecular weight is 241 g/mol. The minimum atomic E-state index is 0.109. The third-order valence-corrected chi connectivity index (χ3v) is 2.71. The smallest absolute Gasteiger partial charge is 0.255 e. The fourth-order valence-electron chi connectivity index (χ4n) is 1.91. The lowest BCUT2D eigenvalue weighted by Gasteiger charge is -2.01. The highest BCUT2D eigenvalue weighted by atomic mass is 16.6. The number of benzene rings is 2. The highest BCUT2D eigenvalue weighted by Gasteiger charge is 2.10. The van der Waals surface area contributed by atoms with Crippen LogP contribution in [-0.2, 0) is 11.4 Å². The first-order chi connectivity index (χ1) is 8.88. The summed E-state index contributed by atoms with van der Waals surface area (Å²) in [5.74, 6) is 5.87. The number of hydrogen-bond donors (Lipinski definition) is 1. The molecular formula is C13H11N3O2. The second-order valence-electron chi connectivity index (χ2n) is 3.85. The molecule has 0 saturated carbocycles. The topological polar surface area (TPSA) is 74.2 Å². The van der Waals surface area contributed by atoms with Crippen LogP contribution in [0, 0.1) is 0 Å². The van der Waals surface area contributed by atoms with Gasteiger partial charge < -0.3 is 4.52 Å². The van der Waals surface area contributed by atoms with Crippen molar-refractivity contribution in [2.75, 3.05) is 0 Å². The largest absolute Gasteiger partial charge is 0.336 e. The van der Waals surface area contributed by atoms with E-state index in [-0.39, 0.29) is 6.61 Å². The molecule has 2 N–H and O–H groups in total. The van der Waals surface area contributed by atoms with Crippen LogP contribution < -0.4 is 5.90 Å². The van der Waals surface area contributed by atoms with E-state index >= 15 is 0 Å². The maximum absolute atomic E-state index is 5.04. The van der Waals surface area contributed by atoms with Gasteiger partial charge >= 0.3 is 0 Å². The van der Waals surface area contributed by atoms with Gasteiger partial charge in [-0.05, 0) is 10.8 Å². The maximum Gasteiger partial charge on any atom is 0.255 e. The SMILES string of the molecule is NOCc1nc(-c2cccc3ccccc23)no1. The van der Waals surface area contributed by atoms with Crippen LogP contribution in [-0.4, -0.2) is 10.1 Å². The Labute approximate surface area is 103 Å². The maximum atomic E-state index is 5.04. The summed E-state index contributed by atoms with van der Waals surface area (Å²) in [5.41, 5.74) is 0.931. The molecule has 3 aromatic rings. The van der Waals surface area contributed by atoms with Gasteiger partial charge in [0.15, 0.2) is 0 Å². The van der Waals surface area contributed by atoms with Gasteiger partial charge in [-0.2, -0.15) is 4.98 Å². The number of fused-ring (bicyclic) bond motifs is 1. The van der Waals surface area contributed by atoms with Crippen molar-refractivity contribution in [2.45, 2.75) is 6.61 Å². The van der Waals surface area contributed by atoms with Crippen LogP contribution in [0.15, 0.2) is 47.0 Å². The second kappa shape index (κ2) is 4.56. The average Bonchev–Trinajstić information content (AvgIpc) is 2.87. The Kier molecular flexibility index (Phi) is 2.76. The van der Waals surface area contributed by atoms with Crippen molar-refractivity contribution >= 4 is 10.8 Å². The molecule has 5 nitrogen and oxygen atoms in total. The summed E-state index contributed by atoms with van der Waals surface area (Å²) in [5, 5.41) is 6.15. The zero-order valence-corrected chi connectivity index (χ0v) is 9.54. The van der Waals surface area contributed by atoms with E-state index in [0.29, 0.717) is 11.7 Å². The van der Waals surface area contributed by atoms with Crippen LogP contribution in [0.3, 0.4) is 0 Å². The van der Waals surface area contributed by atoms with Gasteiger partial charge in [0.1, 0.15) is 6.61 Å². The molecule has 0 unspecified atom stereocenters. The standard InChI is InChI=1S/C13H11N3O2/c14-17-8-12-15-13(16-18-12)11-7-3-5-9-4-1-2-6-10(9)11/h1-7H,8,14H2. The van der Waals surface area contributed by atoms with Gasteiger partial charge in [-0.25, -0.2) is 5.90 Å². The molecular weight excluding hydrogens is 230 g/mol. The van der Waals surface area contributed by atoms with Crippen molar-refractivity contribution in [1.82, 2.24) is 10.1 Å². The van der Waals surface area contributed by atoms with Gasteiger partial charge in [-0.1, -0.05) is 47.6 Å². The van der Waals surface area contributed by atoms with Gasteiger partial charge in [0.2, 0.25) is 5.82 Å². The molecule has 2 aromatic carbocycles. The fraction of sp³-hybridized carbons (Fsp3) is 0.0769. The second-order valence-corrected chi connectivity index (χ2v) is 3.85. The molecule has 0 saturated heterocycles. The minimum absolute atomic E-state index is 0.109. The lowest BCUT2D eigenvalue weighted by Crippen LogP contribution is -1.98. The number of aromatic nitrogens is 2.